The van der Waals surface area contributed by atoms with Gasteiger partial charge in [0.1, 0.15) is 5.82 Å². The van der Waals surface area contributed by atoms with Crippen LogP contribution in [0.2, 0.25) is 0 Å². The third-order valence-corrected chi connectivity index (χ3v) is 8.26. The van der Waals surface area contributed by atoms with Gasteiger partial charge in [-0.25, -0.2) is 9.78 Å². The second-order valence-electron chi connectivity index (χ2n) is 10.6. The number of aliphatic carboxylic acids is 1. The summed E-state index contributed by atoms with van der Waals surface area (Å²) in [6.07, 6.45) is 3.33. The largest absolute Gasteiger partial charge is 0.481 e. The van der Waals surface area contributed by atoms with Crippen molar-refractivity contribution < 1.29 is 24.2 Å². The number of nitrogens with zero attached hydrogens (tertiary/aromatic N) is 3. The number of aromatic nitrogens is 2. The molecule has 1 N–H and O–H groups in total. The Morgan fingerprint density at radius 1 is 1.13 bits per heavy atom. The van der Waals surface area contributed by atoms with E-state index in [1.165, 1.54) is 7.11 Å². The van der Waals surface area contributed by atoms with Crippen molar-refractivity contribution in [2.45, 2.75) is 57.0 Å². The van der Waals surface area contributed by atoms with E-state index in [1.54, 1.807) is 4.90 Å². The minimum absolute atomic E-state index is 0.0139. The fourth-order valence-electron chi connectivity index (χ4n) is 6.26. The number of ether oxygens (including phenoxy) is 2. The van der Waals surface area contributed by atoms with Crippen molar-refractivity contribution in [3.05, 3.63) is 71.5 Å². The van der Waals surface area contributed by atoms with Crippen LogP contribution in [0.3, 0.4) is 0 Å². The first-order valence-electron chi connectivity index (χ1n) is 13.7. The highest BCUT2D eigenvalue weighted by Crippen LogP contribution is 2.39. The molecule has 0 radical (unpaired) electrons. The Morgan fingerprint density at radius 3 is 2.69 bits per heavy atom. The lowest BCUT2D eigenvalue weighted by Gasteiger charge is -2.34. The average Bonchev–Trinajstić information content (AvgIpc) is 3.34. The van der Waals surface area contributed by atoms with Crippen LogP contribution in [-0.2, 0) is 27.1 Å². The first-order chi connectivity index (χ1) is 19.0. The molecule has 39 heavy (non-hydrogen) atoms. The van der Waals surface area contributed by atoms with Gasteiger partial charge in [0, 0.05) is 24.6 Å². The van der Waals surface area contributed by atoms with E-state index in [4.69, 9.17) is 14.5 Å². The molecule has 6 rings (SSSR count). The second kappa shape index (κ2) is 10.3. The molecule has 1 amide bonds. The number of imidazole rings is 1. The molecule has 8 nitrogen and oxygen atoms in total. The number of carboxylic acids is 1. The van der Waals surface area contributed by atoms with Gasteiger partial charge in [-0.1, -0.05) is 42.5 Å². The van der Waals surface area contributed by atoms with Crippen LogP contribution in [0, 0.1) is 0 Å². The summed E-state index contributed by atoms with van der Waals surface area (Å²) < 4.78 is 13.1. The quantitative estimate of drug-likeness (QED) is 0.349. The Labute approximate surface area is 227 Å². The smallest absolute Gasteiger partial charge is 0.414 e. The fourth-order valence-corrected chi connectivity index (χ4v) is 6.26. The maximum Gasteiger partial charge on any atom is 0.414 e. The number of fused-ring (bicyclic) bond motifs is 4. The van der Waals surface area contributed by atoms with Crippen LogP contribution in [0.4, 0.5) is 10.5 Å². The minimum Gasteiger partial charge on any atom is -0.481 e. The van der Waals surface area contributed by atoms with E-state index < -0.39 is 11.9 Å². The molecule has 3 aromatic carbocycles. The third kappa shape index (κ3) is 4.52. The summed E-state index contributed by atoms with van der Waals surface area (Å²) in [6.45, 7) is 3.32. The zero-order chi connectivity index (χ0) is 27.1. The first kappa shape index (κ1) is 25.4. The number of hydrogen-bond donors (Lipinski definition) is 1. The third-order valence-electron chi connectivity index (χ3n) is 8.26. The van der Waals surface area contributed by atoms with Gasteiger partial charge in [0.05, 0.1) is 42.4 Å². The summed E-state index contributed by atoms with van der Waals surface area (Å²) in [7, 11) is 1.40. The van der Waals surface area contributed by atoms with E-state index in [2.05, 4.69) is 4.57 Å². The van der Waals surface area contributed by atoms with Crippen LogP contribution < -0.4 is 4.90 Å². The molecule has 2 aliphatic rings. The molecule has 0 spiro atoms. The summed E-state index contributed by atoms with van der Waals surface area (Å²) in [5.41, 5.74) is 4.36. The van der Waals surface area contributed by atoms with E-state index in [9.17, 15) is 14.7 Å². The van der Waals surface area contributed by atoms with Crippen LogP contribution >= 0.6 is 0 Å². The molecule has 4 aromatic rings. The van der Waals surface area contributed by atoms with E-state index in [-0.39, 0.29) is 24.6 Å². The number of methoxy groups -OCH3 is 1. The lowest BCUT2D eigenvalue weighted by molar-refractivity contribution is -0.138. The van der Waals surface area contributed by atoms with Crippen molar-refractivity contribution in [2.24, 2.45) is 0 Å². The highest BCUT2D eigenvalue weighted by molar-refractivity contribution is 5.95. The molecule has 1 saturated heterocycles. The van der Waals surface area contributed by atoms with Crippen LogP contribution in [0.5, 0.6) is 0 Å². The molecule has 1 fully saturated rings. The molecule has 8 heteroatoms. The van der Waals surface area contributed by atoms with Crippen molar-refractivity contribution in [3.8, 4) is 0 Å². The molecular weight excluding hydrogens is 494 g/mol. The molecule has 0 unspecified atom stereocenters. The number of carbonyl (C=O) groups is 2. The van der Waals surface area contributed by atoms with Crippen molar-refractivity contribution in [1.82, 2.24) is 9.55 Å². The number of carbonyl (C=O) groups excluding carboxylic acids is 1. The molecule has 202 valence electrons. The standard InChI is InChI=1S/C31H33N3O5/c1-19-9-12-24-26(33(19)31(37)38-2)13-14-27-29(24)32-28(34(27)23-8-5-15-39-18-23)17-25(30(35)36)22-11-10-20-6-3-4-7-21(20)16-22/h3-4,6-7,10-11,13-14,16,19,23,25H,5,8-9,12,15,17-18H2,1-2H3,(H,35,36)/t19-,23-,25+/m0/s1. The topological polar surface area (TPSA) is 93.9 Å². The molecule has 0 aliphatic carbocycles. The van der Waals surface area contributed by atoms with Crippen LogP contribution in [0.25, 0.3) is 21.8 Å². The Hall–Kier alpha value is -3.91. The van der Waals surface area contributed by atoms with Crippen LogP contribution in [-0.4, -0.2) is 53.1 Å². The van der Waals surface area contributed by atoms with Crippen molar-refractivity contribution in [2.75, 3.05) is 25.2 Å². The molecular formula is C31H33N3O5. The summed E-state index contributed by atoms with van der Waals surface area (Å²) in [5.74, 6) is -0.897. The molecule has 2 aliphatic heterocycles. The maximum absolute atomic E-state index is 12.7. The zero-order valence-corrected chi connectivity index (χ0v) is 22.3. The Morgan fingerprint density at radius 2 is 1.95 bits per heavy atom. The summed E-state index contributed by atoms with van der Waals surface area (Å²) >= 11 is 0. The predicted molar refractivity (Wildman–Crippen MR) is 150 cm³/mol. The summed E-state index contributed by atoms with van der Waals surface area (Å²) in [4.78, 5) is 32.1. The first-order valence-corrected chi connectivity index (χ1v) is 13.7. The van der Waals surface area contributed by atoms with Gasteiger partial charge in [0.15, 0.2) is 0 Å². The highest BCUT2D eigenvalue weighted by atomic mass is 16.5. The van der Waals surface area contributed by atoms with E-state index in [0.717, 1.165) is 76.7 Å². The van der Waals surface area contributed by atoms with Gasteiger partial charge in [0.25, 0.3) is 0 Å². The molecule has 1 aromatic heterocycles. The van der Waals surface area contributed by atoms with Crippen LogP contribution in [0.1, 0.15) is 55.1 Å². The maximum atomic E-state index is 12.7. The Bertz CT molecular complexity index is 1550. The normalized spacial score (nSPS) is 20.1. The predicted octanol–water partition coefficient (Wildman–Crippen LogP) is 5.86. The van der Waals surface area contributed by atoms with E-state index in [1.807, 2.05) is 61.5 Å². The molecule has 0 saturated carbocycles. The number of rotatable bonds is 5. The second-order valence-corrected chi connectivity index (χ2v) is 10.6. The lowest BCUT2D eigenvalue weighted by atomic mass is 9.93. The average molecular weight is 528 g/mol. The van der Waals surface area contributed by atoms with Gasteiger partial charge in [-0.05, 0) is 61.1 Å². The van der Waals surface area contributed by atoms with Gasteiger partial charge in [-0.15, -0.1) is 0 Å². The lowest BCUT2D eigenvalue weighted by Crippen LogP contribution is -2.42. The van der Waals surface area contributed by atoms with Crippen molar-refractivity contribution >= 4 is 39.6 Å². The highest BCUT2D eigenvalue weighted by Gasteiger charge is 2.33. The van der Waals surface area contributed by atoms with Crippen molar-refractivity contribution in [1.29, 1.82) is 0 Å². The van der Waals surface area contributed by atoms with Gasteiger partial charge in [0.2, 0.25) is 0 Å². The van der Waals surface area contributed by atoms with Gasteiger partial charge < -0.3 is 19.1 Å². The SMILES string of the molecule is COC(=O)N1c2ccc3c(nc(C[C@@H](C(=O)O)c4ccc5ccccc5c4)n3[C@H]3CCCOC3)c2CC[C@@H]1C. The van der Waals surface area contributed by atoms with Crippen LogP contribution in [0.15, 0.2) is 54.6 Å². The Balaban J connectivity index is 1.48. The minimum atomic E-state index is -0.878. The molecule has 3 atom stereocenters. The summed E-state index contributed by atoms with van der Waals surface area (Å²) in [5, 5.41) is 12.5. The Kier molecular flexibility index (Phi) is 6.73. The fraction of sp³-hybridized carbons (Fsp3) is 0.387. The van der Waals surface area contributed by atoms with E-state index in [0.29, 0.717) is 6.61 Å². The van der Waals surface area contributed by atoms with Gasteiger partial charge in [-0.3, -0.25) is 9.69 Å². The molecule has 0 bridgehead atoms. The van der Waals surface area contributed by atoms with Gasteiger partial charge in [-0.2, -0.15) is 0 Å². The van der Waals surface area contributed by atoms with Gasteiger partial charge >= 0.3 is 12.1 Å². The molecule has 3 heterocycles. The summed E-state index contributed by atoms with van der Waals surface area (Å²) in [6, 6.07) is 17.9. The number of anilines is 1. The number of aryl methyl sites for hydroxylation is 1. The number of carboxylic acid groups (broad SMARTS) is 1. The number of benzene rings is 3. The van der Waals surface area contributed by atoms with Crippen molar-refractivity contribution in [3.63, 3.8) is 0 Å². The monoisotopic (exact) mass is 527 g/mol. The van der Waals surface area contributed by atoms with E-state index >= 15 is 0 Å². The zero-order valence-electron chi connectivity index (χ0n) is 22.3. The number of amides is 1. The number of hydrogen-bond acceptors (Lipinski definition) is 5.